The van der Waals surface area contributed by atoms with E-state index in [1.54, 1.807) is 18.2 Å². The van der Waals surface area contributed by atoms with Crippen molar-refractivity contribution in [2.45, 2.75) is 32.1 Å². The van der Waals surface area contributed by atoms with E-state index in [1.165, 1.54) is 16.1 Å². The lowest BCUT2D eigenvalue weighted by Crippen LogP contribution is -2.46. The molecule has 1 saturated heterocycles. The molecule has 9 nitrogen and oxygen atoms in total. The van der Waals surface area contributed by atoms with Crippen LogP contribution in [0, 0.1) is 0 Å². The molecule has 174 valence electrons. The van der Waals surface area contributed by atoms with E-state index in [4.69, 9.17) is 9.15 Å². The highest BCUT2D eigenvalue weighted by Crippen LogP contribution is 2.31. The lowest BCUT2D eigenvalue weighted by molar-refractivity contribution is -0.0669. The van der Waals surface area contributed by atoms with E-state index in [9.17, 15) is 17.2 Å². The molecule has 3 aromatic rings. The first kappa shape index (κ1) is 21.9. The van der Waals surface area contributed by atoms with Crippen molar-refractivity contribution in [2.24, 2.45) is 0 Å². The topological polar surface area (TPSA) is 102 Å². The molecule has 0 aliphatic carbocycles. The van der Waals surface area contributed by atoms with Gasteiger partial charge in [-0.1, -0.05) is 6.07 Å². The van der Waals surface area contributed by atoms with E-state index in [2.05, 4.69) is 20.1 Å². The average Bonchev–Trinajstić information content (AvgIpc) is 3.37. The van der Waals surface area contributed by atoms with Crippen molar-refractivity contribution in [3.8, 4) is 11.5 Å². The second kappa shape index (κ2) is 8.43. The van der Waals surface area contributed by atoms with Crippen LogP contribution in [0.5, 0.6) is 0 Å². The fourth-order valence-electron chi connectivity index (χ4n) is 3.89. The molecule has 1 fully saturated rings. The van der Waals surface area contributed by atoms with Crippen LogP contribution in [0.25, 0.3) is 11.5 Å². The standard InChI is InChI=1S/C21H21F2N5O4S/c1-33(29,30)28(17-5-3-14-8-27(9-15(14)6-17)18-11-31-12-18)10-16-4-2-13(7-24-16)20-25-26-21(32-20)19(22)23/h2-7,18-19H,8-12H2,1H3. The minimum absolute atomic E-state index is 0.0181. The first-order valence-corrected chi connectivity index (χ1v) is 12.1. The zero-order valence-electron chi connectivity index (χ0n) is 17.7. The number of nitrogens with zero attached hydrogens (tertiary/aromatic N) is 5. The second-order valence-corrected chi connectivity index (χ2v) is 10.0. The molecule has 5 rings (SSSR count). The number of sulfonamides is 1. The maximum atomic E-state index is 12.7. The number of alkyl halides is 2. The van der Waals surface area contributed by atoms with Gasteiger partial charge in [0.2, 0.25) is 15.9 Å². The van der Waals surface area contributed by atoms with E-state index >= 15 is 0 Å². The molecule has 0 saturated carbocycles. The van der Waals surface area contributed by atoms with Crippen LogP contribution in [-0.4, -0.2) is 54.0 Å². The predicted molar refractivity (Wildman–Crippen MR) is 114 cm³/mol. The molecule has 0 radical (unpaired) electrons. The van der Waals surface area contributed by atoms with Crippen LogP contribution >= 0.6 is 0 Å². The quantitative estimate of drug-likeness (QED) is 0.512. The third kappa shape index (κ3) is 4.45. The Morgan fingerprint density at radius 3 is 2.55 bits per heavy atom. The fraction of sp³-hybridized carbons (Fsp3) is 0.381. The second-order valence-electron chi connectivity index (χ2n) is 8.10. The molecule has 2 aromatic heterocycles. The highest BCUT2D eigenvalue weighted by molar-refractivity contribution is 7.92. The van der Waals surface area contributed by atoms with Crippen LogP contribution in [0.15, 0.2) is 40.9 Å². The molecule has 33 heavy (non-hydrogen) atoms. The Kier molecular flexibility index (Phi) is 5.59. The molecule has 0 atom stereocenters. The third-order valence-electron chi connectivity index (χ3n) is 5.77. The van der Waals surface area contributed by atoms with Gasteiger partial charge in [0.05, 0.1) is 49.0 Å². The number of ether oxygens (including phenoxy) is 1. The number of aromatic nitrogens is 3. The highest BCUT2D eigenvalue weighted by atomic mass is 32.2. The number of fused-ring (bicyclic) bond motifs is 1. The molecule has 1 aromatic carbocycles. The minimum atomic E-state index is -3.59. The molecule has 0 amide bonds. The van der Waals surface area contributed by atoms with Gasteiger partial charge in [-0.05, 0) is 35.4 Å². The largest absolute Gasteiger partial charge is 0.415 e. The lowest BCUT2D eigenvalue weighted by Gasteiger charge is -2.34. The van der Waals surface area contributed by atoms with E-state index in [0.717, 1.165) is 38.1 Å². The summed E-state index contributed by atoms with van der Waals surface area (Å²) in [5.41, 5.74) is 3.69. The Balaban J connectivity index is 1.35. The molecule has 0 spiro atoms. The lowest BCUT2D eigenvalue weighted by atomic mass is 10.1. The van der Waals surface area contributed by atoms with Crippen LogP contribution in [-0.2, 0) is 34.4 Å². The summed E-state index contributed by atoms with van der Waals surface area (Å²) in [6, 6.07) is 9.27. The number of halogens is 2. The Hall–Kier alpha value is -2.96. The number of pyridine rings is 1. The first-order valence-electron chi connectivity index (χ1n) is 10.3. The van der Waals surface area contributed by atoms with Crippen molar-refractivity contribution >= 4 is 15.7 Å². The van der Waals surface area contributed by atoms with Crippen LogP contribution in [0.4, 0.5) is 14.5 Å². The van der Waals surface area contributed by atoms with Crippen molar-refractivity contribution < 1.29 is 26.4 Å². The summed E-state index contributed by atoms with van der Waals surface area (Å²) < 4.78 is 62.0. The third-order valence-corrected chi connectivity index (χ3v) is 6.91. The Labute approximate surface area is 189 Å². The van der Waals surface area contributed by atoms with Crippen molar-refractivity contribution in [1.29, 1.82) is 0 Å². The number of anilines is 1. The summed E-state index contributed by atoms with van der Waals surface area (Å²) in [5, 5.41) is 6.89. The van der Waals surface area contributed by atoms with Gasteiger partial charge in [0.25, 0.3) is 5.89 Å². The van der Waals surface area contributed by atoms with Gasteiger partial charge >= 0.3 is 6.43 Å². The predicted octanol–water partition coefficient (Wildman–Crippen LogP) is 2.75. The number of hydrogen-bond acceptors (Lipinski definition) is 8. The molecule has 0 unspecified atom stereocenters. The van der Waals surface area contributed by atoms with Crippen LogP contribution in [0.1, 0.15) is 29.1 Å². The van der Waals surface area contributed by atoms with Gasteiger partial charge in [-0.15, -0.1) is 10.2 Å². The zero-order valence-corrected chi connectivity index (χ0v) is 18.5. The van der Waals surface area contributed by atoms with E-state index in [-0.39, 0.29) is 12.4 Å². The van der Waals surface area contributed by atoms with Gasteiger partial charge in [-0.3, -0.25) is 14.2 Å². The van der Waals surface area contributed by atoms with Gasteiger partial charge in [0.15, 0.2) is 0 Å². The molecular formula is C21H21F2N5O4S. The fourth-order valence-corrected chi connectivity index (χ4v) is 4.75. The SMILES string of the molecule is CS(=O)(=O)N(Cc1ccc(-c2nnc(C(F)F)o2)cn1)c1ccc2c(c1)CN(C1COC1)C2. The molecular weight excluding hydrogens is 456 g/mol. The minimum Gasteiger partial charge on any atom is -0.415 e. The molecule has 4 heterocycles. The van der Waals surface area contributed by atoms with E-state index in [0.29, 0.717) is 23.0 Å². The Bertz CT molecular complexity index is 1260. The maximum Gasteiger partial charge on any atom is 0.314 e. The summed E-state index contributed by atoms with van der Waals surface area (Å²) >= 11 is 0. The van der Waals surface area contributed by atoms with Crippen LogP contribution < -0.4 is 4.31 Å². The Morgan fingerprint density at radius 1 is 1.15 bits per heavy atom. The summed E-state index contributed by atoms with van der Waals surface area (Å²) in [6.45, 7) is 3.06. The van der Waals surface area contributed by atoms with Gasteiger partial charge in [0, 0.05) is 19.3 Å². The monoisotopic (exact) mass is 477 g/mol. The summed E-state index contributed by atoms with van der Waals surface area (Å²) in [7, 11) is -3.59. The first-order chi connectivity index (χ1) is 15.8. The molecule has 2 aliphatic heterocycles. The molecule has 0 N–H and O–H groups in total. The van der Waals surface area contributed by atoms with Gasteiger partial charge in [-0.25, -0.2) is 8.42 Å². The molecule has 12 heteroatoms. The van der Waals surface area contributed by atoms with Crippen molar-refractivity contribution in [3.63, 3.8) is 0 Å². The molecule has 0 bridgehead atoms. The average molecular weight is 477 g/mol. The number of benzene rings is 1. The van der Waals surface area contributed by atoms with Gasteiger partial charge < -0.3 is 9.15 Å². The van der Waals surface area contributed by atoms with E-state index < -0.39 is 22.3 Å². The Morgan fingerprint density at radius 2 is 1.94 bits per heavy atom. The molecule has 2 aliphatic rings. The number of hydrogen-bond donors (Lipinski definition) is 0. The zero-order chi connectivity index (χ0) is 23.2. The van der Waals surface area contributed by atoms with Crippen molar-refractivity contribution in [3.05, 3.63) is 59.2 Å². The smallest absolute Gasteiger partial charge is 0.314 e. The van der Waals surface area contributed by atoms with Crippen molar-refractivity contribution in [1.82, 2.24) is 20.1 Å². The summed E-state index contributed by atoms with van der Waals surface area (Å²) in [5.74, 6) is -0.846. The maximum absolute atomic E-state index is 12.7. The summed E-state index contributed by atoms with van der Waals surface area (Å²) in [4.78, 5) is 6.60. The van der Waals surface area contributed by atoms with Gasteiger partial charge in [-0.2, -0.15) is 8.78 Å². The van der Waals surface area contributed by atoms with Crippen LogP contribution in [0.2, 0.25) is 0 Å². The summed E-state index contributed by atoms with van der Waals surface area (Å²) in [6.07, 6.45) is -0.320. The normalized spacial score (nSPS) is 16.7. The number of rotatable bonds is 7. The van der Waals surface area contributed by atoms with Crippen LogP contribution in [0.3, 0.4) is 0 Å². The van der Waals surface area contributed by atoms with Gasteiger partial charge in [0.1, 0.15) is 0 Å². The van der Waals surface area contributed by atoms with E-state index in [1.807, 2.05) is 12.1 Å². The highest BCUT2D eigenvalue weighted by Gasteiger charge is 2.31. The van der Waals surface area contributed by atoms with Crippen molar-refractivity contribution in [2.75, 3.05) is 23.8 Å².